The summed E-state index contributed by atoms with van der Waals surface area (Å²) in [6.45, 7) is 12.0. The maximum atomic E-state index is 12.6. The van der Waals surface area contributed by atoms with Gasteiger partial charge in [0.05, 0.1) is 29.8 Å². The van der Waals surface area contributed by atoms with Gasteiger partial charge in [-0.05, 0) is 91.0 Å². The minimum atomic E-state index is -0.992. The van der Waals surface area contributed by atoms with E-state index in [-0.39, 0.29) is 70.0 Å². The van der Waals surface area contributed by atoms with E-state index in [0.717, 1.165) is 19.3 Å². The normalized spacial score (nSPS) is 21.6. The molecule has 7 rings (SSSR count). The molecular formula is C36H50AlLiN2O12. The Balaban J connectivity index is 0.000000270. The van der Waals surface area contributed by atoms with Gasteiger partial charge in [0.2, 0.25) is 13.6 Å². The average Bonchev–Trinajstić information content (AvgIpc) is 3.88. The monoisotopic (exact) mass is 736 g/mol. The van der Waals surface area contributed by atoms with Crippen LogP contribution in [0.1, 0.15) is 108 Å². The second-order valence-corrected chi connectivity index (χ2v) is 14.8. The van der Waals surface area contributed by atoms with Crippen LogP contribution in [0, 0.1) is 0 Å². The first-order valence-electron chi connectivity index (χ1n) is 17.0. The average molecular weight is 737 g/mol. The number of benzene rings is 2. The molecule has 0 bridgehead atoms. The number of hydrogen-bond acceptors (Lipinski definition) is 12. The fourth-order valence-electron chi connectivity index (χ4n) is 6.97. The van der Waals surface area contributed by atoms with Crippen LogP contribution in [0.15, 0.2) is 24.3 Å². The molecule has 2 fully saturated rings. The van der Waals surface area contributed by atoms with Crippen molar-refractivity contribution in [1.82, 2.24) is 9.80 Å². The number of esters is 1. The molecule has 2 unspecified atom stereocenters. The van der Waals surface area contributed by atoms with Crippen LogP contribution >= 0.6 is 0 Å². The Bertz CT molecular complexity index is 1650. The largest absolute Gasteiger partial charge is 1.00 e. The molecule has 0 saturated carbocycles. The molecule has 0 aliphatic carbocycles. The molecule has 5 heterocycles. The van der Waals surface area contributed by atoms with Crippen molar-refractivity contribution in [3.05, 3.63) is 46.5 Å². The van der Waals surface area contributed by atoms with Gasteiger partial charge in [-0.2, -0.15) is 0 Å². The maximum absolute atomic E-state index is 12.6. The summed E-state index contributed by atoms with van der Waals surface area (Å²) in [6.07, 6.45) is 0.620. The van der Waals surface area contributed by atoms with Crippen molar-refractivity contribution in [2.45, 2.75) is 109 Å². The van der Waals surface area contributed by atoms with E-state index in [9.17, 15) is 24.6 Å². The van der Waals surface area contributed by atoms with E-state index in [1.165, 1.54) is 0 Å². The van der Waals surface area contributed by atoms with Crippen LogP contribution in [0.3, 0.4) is 0 Å². The molecule has 14 nitrogen and oxygen atoms in total. The van der Waals surface area contributed by atoms with Gasteiger partial charge in [0, 0.05) is 18.7 Å². The zero-order chi connectivity index (χ0) is 36.0. The maximum Gasteiger partial charge on any atom is 1.00 e. The topological polar surface area (TPSA) is 163 Å². The zero-order valence-corrected chi connectivity index (χ0v) is 30.4. The van der Waals surface area contributed by atoms with Crippen LogP contribution in [-0.2, 0) is 20.8 Å². The van der Waals surface area contributed by atoms with E-state index >= 15 is 0 Å². The number of aliphatic hydroxyl groups is 2. The smallest absolute Gasteiger partial charge is 1.00 e. The number of cyclic esters (lactones) is 1. The van der Waals surface area contributed by atoms with E-state index in [0.29, 0.717) is 64.8 Å². The third-order valence-electron chi connectivity index (χ3n) is 9.02. The quantitative estimate of drug-likeness (QED) is 0.263. The first-order valence-corrected chi connectivity index (χ1v) is 17.0. The van der Waals surface area contributed by atoms with Crippen LogP contribution in [0.25, 0.3) is 0 Å². The van der Waals surface area contributed by atoms with Gasteiger partial charge < -0.3 is 54.6 Å². The SMILES string of the molecule is CC(C)(C)OC(=O)N1CCC[C@H]1C(O)c1c(CO)ccc2c1OCO2.CC(C)(C)OC(=O)N1CCC[C@H]1C1OC(=O)c2ccc3c(c21)OCO3.[AlH3].[H-].[Li+]. The van der Waals surface area contributed by atoms with Crippen LogP contribution < -0.4 is 37.8 Å². The minimum absolute atomic E-state index is 0. The summed E-state index contributed by atoms with van der Waals surface area (Å²) < 4.78 is 38.4. The van der Waals surface area contributed by atoms with E-state index in [1.807, 2.05) is 41.5 Å². The second kappa shape index (κ2) is 16.4. The van der Waals surface area contributed by atoms with E-state index in [1.54, 1.807) is 34.1 Å². The molecule has 2 aromatic carbocycles. The number of fused-ring (bicyclic) bond motifs is 4. The van der Waals surface area contributed by atoms with Gasteiger partial charge in [0.15, 0.2) is 46.5 Å². The molecule has 2 saturated heterocycles. The zero-order valence-electron chi connectivity index (χ0n) is 31.4. The molecule has 2 aromatic rings. The van der Waals surface area contributed by atoms with Crippen molar-refractivity contribution in [1.29, 1.82) is 0 Å². The Morgan fingerprint density at radius 3 is 2.06 bits per heavy atom. The first kappa shape index (κ1) is 41.5. The fraction of sp³-hybridized carbons (Fsp3) is 0.583. The Morgan fingerprint density at radius 2 is 1.42 bits per heavy atom. The van der Waals surface area contributed by atoms with Gasteiger partial charge in [0.25, 0.3) is 0 Å². The summed E-state index contributed by atoms with van der Waals surface area (Å²) >= 11 is 0. The molecule has 2 amide bonds. The third kappa shape index (κ3) is 8.57. The number of carbonyl (C=O) groups is 3. The van der Waals surface area contributed by atoms with Gasteiger partial charge in [-0.1, -0.05) is 6.07 Å². The predicted molar refractivity (Wildman–Crippen MR) is 187 cm³/mol. The summed E-state index contributed by atoms with van der Waals surface area (Å²) in [6, 6.07) is 6.12. The summed E-state index contributed by atoms with van der Waals surface area (Å²) in [5, 5.41) is 20.7. The number of carbonyl (C=O) groups excluding carboxylic acids is 3. The minimum Gasteiger partial charge on any atom is -1.00 e. The van der Waals surface area contributed by atoms with Crippen LogP contribution in [0.2, 0.25) is 0 Å². The summed E-state index contributed by atoms with van der Waals surface area (Å²) in [7, 11) is 0. The number of aliphatic hydroxyl groups excluding tert-OH is 2. The Hall–Kier alpha value is -3.30. The third-order valence-corrected chi connectivity index (χ3v) is 9.02. The summed E-state index contributed by atoms with van der Waals surface area (Å²) in [5.41, 5.74) is 1.03. The van der Waals surface area contributed by atoms with Crippen LogP contribution in [0.5, 0.6) is 23.0 Å². The fourth-order valence-corrected chi connectivity index (χ4v) is 6.97. The molecule has 5 aliphatic heterocycles. The number of ether oxygens (including phenoxy) is 7. The van der Waals surface area contributed by atoms with Crippen molar-refractivity contribution in [3.63, 3.8) is 0 Å². The van der Waals surface area contributed by atoms with Gasteiger partial charge >= 0.3 is 37.0 Å². The van der Waals surface area contributed by atoms with E-state index < -0.39 is 41.5 Å². The second-order valence-electron chi connectivity index (χ2n) is 14.8. The van der Waals surface area contributed by atoms with Crippen molar-refractivity contribution < 1.29 is 78.0 Å². The van der Waals surface area contributed by atoms with Crippen molar-refractivity contribution >= 4 is 35.5 Å². The van der Waals surface area contributed by atoms with E-state index in [4.69, 9.17) is 33.2 Å². The number of hydrogen-bond donors (Lipinski definition) is 2. The Labute approximate surface area is 327 Å². The van der Waals surface area contributed by atoms with Gasteiger partial charge in [-0.15, -0.1) is 0 Å². The predicted octanol–water partition coefficient (Wildman–Crippen LogP) is 1.30. The first-order chi connectivity index (χ1) is 23.7. The molecule has 52 heavy (non-hydrogen) atoms. The number of likely N-dealkylation sites (tertiary alicyclic amines) is 2. The molecule has 5 aliphatic rings. The number of nitrogens with zero attached hydrogens (tertiary/aromatic N) is 2. The van der Waals surface area contributed by atoms with Crippen molar-refractivity contribution in [2.75, 3.05) is 26.7 Å². The summed E-state index contributed by atoms with van der Waals surface area (Å²) in [5.74, 6) is 1.73. The Kier molecular flexibility index (Phi) is 13.1. The number of amides is 2. The van der Waals surface area contributed by atoms with Crippen LogP contribution in [-0.4, -0.2) is 105 Å². The molecule has 2 N–H and O–H groups in total. The molecular weight excluding hydrogens is 686 g/mol. The molecule has 0 radical (unpaired) electrons. The van der Waals surface area contributed by atoms with Gasteiger partial charge in [-0.3, -0.25) is 0 Å². The van der Waals surface area contributed by atoms with Crippen molar-refractivity contribution in [2.24, 2.45) is 0 Å². The standard InChI is InChI=1S/C18H21NO6.C18H25NO6.Al.Li.4H/c1-18(2,3)25-17(21)19-8-4-5-11(19)14-13-10(16(20)24-14)6-7-12-15(13)23-9-22-12;1-18(2,3)25-17(22)19-8-4-5-12(19)15(21)14-11(9-20)6-7-13-16(14)24-10-23-13;;;;;;/h6-7,11,14H,4-5,8-9H2,1-3H3;6-7,12,15,20-21H,4-5,8-10H2,1-3H3;;;;;;/q;;;+1;;;;-1/t11-,14?;12-,15?;;;;;;/m00....../s1. The number of rotatable bonds is 4. The molecule has 0 spiro atoms. The molecule has 280 valence electrons. The Morgan fingerprint density at radius 1 is 0.865 bits per heavy atom. The molecule has 0 aromatic heterocycles. The molecule has 16 heteroatoms. The van der Waals surface area contributed by atoms with Gasteiger partial charge in [0.1, 0.15) is 17.3 Å². The molecule has 4 atom stereocenters. The van der Waals surface area contributed by atoms with Crippen LogP contribution in [0.4, 0.5) is 9.59 Å². The van der Waals surface area contributed by atoms with E-state index in [2.05, 4.69) is 0 Å². The summed E-state index contributed by atoms with van der Waals surface area (Å²) in [4.78, 5) is 40.6. The van der Waals surface area contributed by atoms with Gasteiger partial charge in [-0.25, -0.2) is 14.4 Å². The van der Waals surface area contributed by atoms with Crippen molar-refractivity contribution in [3.8, 4) is 23.0 Å².